The Morgan fingerprint density at radius 3 is 2.19 bits per heavy atom. The summed E-state index contributed by atoms with van der Waals surface area (Å²) in [6, 6.07) is 20.3. The zero-order valence-electron chi connectivity index (χ0n) is 15.5. The number of hydrogen-bond acceptors (Lipinski definition) is 4. The first kappa shape index (κ1) is 18.6. The Labute approximate surface area is 160 Å². The minimum Gasteiger partial charge on any atom is -0.351 e. The summed E-state index contributed by atoms with van der Waals surface area (Å²) in [5.41, 5.74) is 2.74. The van der Waals surface area contributed by atoms with Gasteiger partial charge in [0.15, 0.2) is 0 Å². The highest BCUT2D eigenvalue weighted by molar-refractivity contribution is 5.92. The largest absolute Gasteiger partial charge is 0.351 e. The van der Waals surface area contributed by atoms with E-state index < -0.39 is 0 Å². The molecule has 0 saturated carbocycles. The van der Waals surface area contributed by atoms with Crippen molar-refractivity contribution >= 4 is 11.7 Å². The van der Waals surface area contributed by atoms with Gasteiger partial charge in [-0.3, -0.25) is 4.79 Å². The lowest BCUT2D eigenvalue weighted by Crippen LogP contribution is -2.27. The molecule has 5 nitrogen and oxygen atoms in total. The second-order valence-electron chi connectivity index (χ2n) is 6.25. The summed E-state index contributed by atoms with van der Waals surface area (Å²) in [5, 5.41) is 2.89. The predicted molar refractivity (Wildman–Crippen MR) is 108 cm³/mol. The number of nitrogens with zero attached hydrogens (tertiary/aromatic N) is 3. The number of aromatic nitrogens is 2. The highest BCUT2D eigenvalue weighted by Gasteiger charge is 2.11. The van der Waals surface area contributed by atoms with Crippen molar-refractivity contribution in [2.24, 2.45) is 0 Å². The molecule has 3 aromatic rings. The van der Waals surface area contributed by atoms with E-state index in [1.165, 1.54) is 11.1 Å². The lowest BCUT2D eigenvalue weighted by Gasteiger charge is -2.21. The first-order valence-electron chi connectivity index (χ1n) is 9.19. The first-order chi connectivity index (χ1) is 13.3. The summed E-state index contributed by atoms with van der Waals surface area (Å²) in [5.74, 6) is 0.568. The minimum atomic E-state index is -0.198. The lowest BCUT2D eigenvalue weighted by molar-refractivity contribution is 0.0949. The van der Waals surface area contributed by atoms with E-state index in [0.29, 0.717) is 12.2 Å². The fourth-order valence-electron chi connectivity index (χ4n) is 2.82. The van der Waals surface area contributed by atoms with Crippen molar-refractivity contribution in [2.75, 3.05) is 18.0 Å². The van der Waals surface area contributed by atoms with Crippen LogP contribution in [0.3, 0.4) is 0 Å². The average Bonchev–Trinajstić information content (AvgIpc) is 2.73. The molecular formula is C22H24N4O. The molecule has 1 N–H and O–H groups in total. The molecule has 0 unspecified atom stereocenters. The third kappa shape index (κ3) is 5.38. The topological polar surface area (TPSA) is 58.1 Å². The van der Waals surface area contributed by atoms with Crippen molar-refractivity contribution in [3.63, 3.8) is 0 Å². The average molecular weight is 360 g/mol. The van der Waals surface area contributed by atoms with E-state index in [9.17, 15) is 4.79 Å². The van der Waals surface area contributed by atoms with Crippen LogP contribution in [0.15, 0.2) is 73.1 Å². The molecule has 0 fully saturated rings. The van der Waals surface area contributed by atoms with Gasteiger partial charge in [-0.2, -0.15) is 0 Å². The molecule has 3 rings (SSSR count). The van der Waals surface area contributed by atoms with Crippen LogP contribution < -0.4 is 10.2 Å². The van der Waals surface area contributed by atoms with Crippen LogP contribution in [0, 0.1) is 0 Å². The fraction of sp³-hybridized carbons (Fsp3) is 0.227. The van der Waals surface area contributed by atoms with Gasteiger partial charge in [-0.1, -0.05) is 60.7 Å². The van der Waals surface area contributed by atoms with Crippen molar-refractivity contribution < 1.29 is 4.79 Å². The Kier molecular flexibility index (Phi) is 6.52. The number of amides is 1. The SMILES string of the molecule is CCN(Cc1ccccc1)c1cnc(C(=O)NCCc2ccccc2)cn1. The summed E-state index contributed by atoms with van der Waals surface area (Å²) in [6.07, 6.45) is 4.00. The van der Waals surface area contributed by atoms with Crippen LogP contribution in [0.1, 0.15) is 28.5 Å². The highest BCUT2D eigenvalue weighted by atomic mass is 16.1. The normalized spacial score (nSPS) is 10.4. The van der Waals surface area contributed by atoms with Crippen LogP contribution in [-0.4, -0.2) is 29.0 Å². The number of hydrogen-bond donors (Lipinski definition) is 1. The van der Waals surface area contributed by atoms with Gasteiger partial charge in [0.1, 0.15) is 11.5 Å². The minimum absolute atomic E-state index is 0.198. The van der Waals surface area contributed by atoms with E-state index in [2.05, 4.69) is 39.2 Å². The van der Waals surface area contributed by atoms with Gasteiger partial charge in [-0.15, -0.1) is 0 Å². The molecule has 27 heavy (non-hydrogen) atoms. The third-order valence-corrected chi connectivity index (χ3v) is 4.33. The monoisotopic (exact) mass is 360 g/mol. The molecule has 1 aromatic heterocycles. The molecule has 1 amide bonds. The molecule has 0 bridgehead atoms. The second kappa shape index (κ2) is 9.48. The third-order valence-electron chi connectivity index (χ3n) is 4.33. The summed E-state index contributed by atoms with van der Waals surface area (Å²) < 4.78 is 0. The van der Waals surface area contributed by atoms with Crippen molar-refractivity contribution in [1.82, 2.24) is 15.3 Å². The zero-order valence-corrected chi connectivity index (χ0v) is 15.5. The number of carbonyl (C=O) groups excluding carboxylic acids is 1. The van der Waals surface area contributed by atoms with Crippen LogP contribution in [0.2, 0.25) is 0 Å². The van der Waals surface area contributed by atoms with Gasteiger partial charge in [0.2, 0.25) is 0 Å². The Morgan fingerprint density at radius 2 is 1.59 bits per heavy atom. The van der Waals surface area contributed by atoms with Crippen LogP contribution in [-0.2, 0) is 13.0 Å². The Hall–Kier alpha value is -3.21. The summed E-state index contributed by atoms with van der Waals surface area (Å²) in [6.45, 7) is 4.22. The van der Waals surface area contributed by atoms with Crippen LogP contribution in [0.5, 0.6) is 0 Å². The Morgan fingerprint density at radius 1 is 0.926 bits per heavy atom. The molecule has 0 saturated heterocycles. The second-order valence-corrected chi connectivity index (χ2v) is 6.25. The number of nitrogens with one attached hydrogen (secondary N) is 1. The molecule has 1 heterocycles. The molecular weight excluding hydrogens is 336 g/mol. The summed E-state index contributed by atoms with van der Waals surface area (Å²) in [4.78, 5) is 23.1. The quantitative estimate of drug-likeness (QED) is 0.668. The standard InChI is InChI=1S/C22H24N4O/c1-2-26(17-19-11-7-4-8-12-19)21-16-24-20(15-25-21)22(27)23-14-13-18-9-5-3-6-10-18/h3-12,15-16H,2,13-14,17H2,1H3,(H,23,27). The van der Waals surface area contributed by atoms with Crippen molar-refractivity contribution in [3.8, 4) is 0 Å². The van der Waals surface area contributed by atoms with Gasteiger partial charge in [0.25, 0.3) is 5.91 Å². The van der Waals surface area contributed by atoms with E-state index in [-0.39, 0.29) is 5.91 Å². The first-order valence-corrected chi connectivity index (χ1v) is 9.19. The van der Waals surface area contributed by atoms with E-state index in [0.717, 1.165) is 25.3 Å². The smallest absolute Gasteiger partial charge is 0.271 e. The summed E-state index contributed by atoms with van der Waals surface area (Å²) >= 11 is 0. The molecule has 0 aliphatic heterocycles. The molecule has 2 aromatic carbocycles. The van der Waals surface area contributed by atoms with Gasteiger partial charge < -0.3 is 10.2 Å². The van der Waals surface area contributed by atoms with Crippen LogP contribution in [0.4, 0.5) is 5.82 Å². The number of anilines is 1. The molecule has 0 aliphatic carbocycles. The van der Waals surface area contributed by atoms with Gasteiger partial charge in [-0.25, -0.2) is 9.97 Å². The van der Waals surface area contributed by atoms with E-state index in [4.69, 9.17) is 0 Å². The van der Waals surface area contributed by atoms with Crippen molar-refractivity contribution in [1.29, 1.82) is 0 Å². The van der Waals surface area contributed by atoms with Crippen LogP contribution in [0.25, 0.3) is 0 Å². The molecule has 0 spiro atoms. The fourth-order valence-corrected chi connectivity index (χ4v) is 2.82. The van der Waals surface area contributed by atoms with E-state index >= 15 is 0 Å². The maximum Gasteiger partial charge on any atom is 0.271 e. The Bertz CT molecular complexity index is 835. The number of carbonyl (C=O) groups is 1. The van der Waals surface area contributed by atoms with Gasteiger partial charge >= 0.3 is 0 Å². The van der Waals surface area contributed by atoms with Gasteiger partial charge in [0.05, 0.1) is 12.4 Å². The maximum absolute atomic E-state index is 12.2. The van der Waals surface area contributed by atoms with Gasteiger partial charge in [0, 0.05) is 19.6 Å². The molecule has 0 aliphatic rings. The van der Waals surface area contributed by atoms with E-state index in [1.54, 1.807) is 12.4 Å². The lowest BCUT2D eigenvalue weighted by atomic mass is 10.1. The van der Waals surface area contributed by atoms with Crippen molar-refractivity contribution in [2.45, 2.75) is 19.9 Å². The molecule has 0 atom stereocenters. The highest BCUT2D eigenvalue weighted by Crippen LogP contribution is 2.13. The molecule has 138 valence electrons. The van der Waals surface area contributed by atoms with Crippen molar-refractivity contribution in [3.05, 3.63) is 89.9 Å². The molecule has 0 radical (unpaired) electrons. The Balaban J connectivity index is 1.56. The summed E-state index contributed by atoms with van der Waals surface area (Å²) in [7, 11) is 0. The number of benzene rings is 2. The predicted octanol–water partition coefficient (Wildman–Crippen LogP) is 3.48. The van der Waals surface area contributed by atoms with E-state index in [1.807, 2.05) is 48.5 Å². The van der Waals surface area contributed by atoms with Gasteiger partial charge in [-0.05, 0) is 24.5 Å². The zero-order chi connectivity index (χ0) is 18.9. The number of rotatable bonds is 8. The van der Waals surface area contributed by atoms with Crippen LogP contribution >= 0.6 is 0 Å². The maximum atomic E-state index is 12.2. The molecule has 5 heteroatoms.